The van der Waals surface area contributed by atoms with E-state index in [1.165, 1.54) is 24.3 Å². The monoisotopic (exact) mass is 350 g/mol. The third-order valence-corrected chi connectivity index (χ3v) is 4.15. The first-order chi connectivity index (χ1) is 11.7. The number of halogens is 1. The molecule has 0 aliphatic heterocycles. The van der Waals surface area contributed by atoms with Gasteiger partial charge in [0, 0.05) is 11.6 Å². The molecule has 2 amide bonds. The van der Waals surface area contributed by atoms with Gasteiger partial charge in [0.25, 0.3) is 5.91 Å². The maximum absolute atomic E-state index is 13.0. The molecule has 0 radical (unpaired) electrons. The van der Waals surface area contributed by atoms with Crippen molar-refractivity contribution in [2.45, 2.75) is 66.0 Å². The van der Waals surface area contributed by atoms with Crippen molar-refractivity contribution in [3.05, 3.63) is 35.6 Å². The number of amides is 2. The predicted octanol–water partition coefficient (Wildman–Crippen LogP) is 3.91. The van der Waals surface area contributed by atoms with Gasteiger partial charge in [-0.3, -0.25) is 9.59 Å². The molecule has 0 aliphatic carbocycles. The normalized spacial score (nSPS) is 13.6. The minimum absolute atomic E-state index is 0.0488. The first-order valence-corrected chi connectivity index (χ1v) is 9.07. The van der Waals surface area contributed by atoms with E-state index in [1.807, 2.05) is 20.8 Å². The fourth-order valence-corrected chi connectivity index (χ4v) is 2.60. The average molecular weight is 350 g/mol. The van der Waals surface area contributed by atoms with Gasteiger partial charge < -0.3 is 10.6 Å². The van der Waals surface area contributed by atoms with Gasteiger partial charge in [0.1, 0.15) is 11.9 Å². The van der Waals surface area contributed by atoms with Crippen LogP contribution in [0.4, 0.5) is 4.39 Å². The molecule has 2 atom stereocenters. The highest BCUT2D eigenvalue weighted by Crippen LogP contribution is 2.10. The zero-order chi connectivity index (χ0) is 19.0. The van der Waals surface area contributed by atoms with E-state index in [4.69, 9.17) is 0 Å². The fraction of sp³-hybridized carbons (Fsp3) is 0.600. The summed E-state index contributed by atoms with van der Waals surface area (Å²) >= 11 is 0. The summed E-state index contributed by atoms with van der Waals surface area (Å²) in [5.74, 6) is -0.345. The third kappa shape index (κ3) is 7.67. The summed E-state index contributed by atoms with van der Waals surface area (Å²) in [5, 5.41) is 5.75. The second-order valence-corrected chi connectivity index (χ2v) is 7.44. The molecule has 0 spiro atoms. The Morgan fingerprint density at radius 1 is 0.960 bits per heavy atom. The molecule has 0 heterocycles. The van der Waals surface area contributed by atoms with Crippen molar-refractivity contribution in [2.75, 3.05) is 0 Å². The lowest BCUT2D eigenvalue weighted by Gasteiger charge is -2.24. The first-order valence-electron chi connectivity index (χ1n) is 9.07. The number of carbonyl (C=O) groups excluding carboxylic acids is 2. The van der Waals surface area contributed by atoms with Crippen molar-refractivity contribution >= 4 is 11.8 Å². The Balaban J connectivity index is 2.61. The summed E-state index contributed by atoms with van der Waals surface area (Å²) in [6.07, 6.45) is 3.11. The molecule has 2 N–H and O–H groups in total. The summed E-state index contributed by atoms with van der Waals surface area (Å²) in [5.41, 5.74) is 0.338. The SMILES string of the molecule is CC(C)CCCC(C)NC(=O)C(NC(=O)c1ccc(F)cc1)C(C)C. The quantitative estimate of drug-likeness (QED) is 0.709. The van der Waals surface area contributed by atoms with E-state index >= 15 is 0 Å². The number of carbonyl (C=O) groups is 2. The van der Waals surface area contributed by atoms with Crippen molar-refractivity contribution < 1.29 is 14.0 Å². The minimum Gasteiger partial charge on any atom is -0.352 e. The summed E-state index contributed by atoms with van der Waals surface area (Å²) in [4.78, 5) is 24.8. The fourth-order valence-electron chi connectivity index (χ4n) is 2.60. The lowest BCUT2D eigenvalue weighted by Crippen LogP contribution is -2.51. The van der Waals surface area contributed by atoms with Crippen LogP contribution in [0.2, 0.25) is 0 Å². The molecule has 1 rings (SSSR count). The van der Waals surface area contributed by atoms with Crippen molar-refractivity contribution in [1.29, 1.82) is 0 Å². The van der Waals surface area contributed by atoms with Crippen LogP contribution in [0.15, 0.2) is 24.3 Å². The number of rotatable bonds is 9. The molecule has 0 aromatic heterocycles. The highest BCUT2D eigenvalue weighted by atomic mass is 19.1. The number of nitrogens with one attached hydrogen (secondary N) is 2. The van der Waals surface area contributed by atoms with Gasteiger partial charge in [-0.25, -0.2) is 4.39 Å². The second kappa shape index (κ2) is 10.2. The Kier molecular flexibility index (Phi) is 8.59. The molecule has 4 nitrogen and oxygen atoms in total. The maximum Gasteiger partial charge on any atom is 0.251 e. The van der Waals surface area contributed by atoms with Crippen LogP contribution in [0.25, 0.3) is 0 Å². The van der Waals surface area contributed by atoms with Crippen molar-refractivity contribution in [2.24, 2.45) is 11.8 Å². The standard InChI is InChI=1S/C20H31FN2O2/c1-13(2)7-6-8-15(5)22-20(25)18(14(3)4)23-19(24)16-9-11-17(21)12-10-16/h9-15,18H,6-8H2,1-5H3,(H,22,25)(H,23,24). The van der Waals surface area contributed by atoms with Crippen LogP contribution in [0, 0.1) is 17.7 Å². The number of hydrogen-bond donors (Lipinski definition) is 2. The van der Waals surface area contributed by atoms with Crippen LogP contribution in [-0.4, -0.2) is 23.9 Å². The Morgan fingerprint density at radius 2 is 1.56 bits per heavy atom. The summed E-state index contributed by atoms with van der Waals surface area (Å²) < 4.78 is 13.0. The van der Waals surface area contributed by atoms with Crippen molar-refractivity contribution in [1.82, 2.24) is 10.6 Å². The molecule has 25 heavy (non-hydrogen) atoms. The van der Waals surface area contributed by atoms with Crippen LogP contribution in [-0.2, 0) is 4.79 Å². The topological polar surface area (TPSA) is 58.2 Å². The van der Waals surface area contributed by atoms with Crippen LogP contribution >= 0.6 is 0 Å². The molecular weight excluding hydrogens is 319 g/mol. The van der Waals surface area contributed by atoms with Crippen LogP contribution in [0.1, 0.15) is 64.2 Å². The molecule has 0 aliphatic rings. The van der Waals surface area contributed by atoms with E-state index in [0.717, 1.165) is 19.3 Å². The van der Waals surface area contributed by atoms with E-state index in [-0.39, 0.29) is 23.8 Å². The first kappa shape index (κ1) is 21.1. The summed E-state index contributed by atoms with van der Waals surface area (Å²) in [6.45, 7) is 10.1. The number of benzene rings is 1. The van der Waals surface area contributed by atoms with Crippen LogP contribution < -0.4 is 10.6 Å². The Labute approximate surface area is 150 Å². The molecule has 1 aromatic rings. The lowest BCUT2D eigenvalue weighted by atomic mass is 10.0. The molecule has 1 aromatic carbocycles. The molecule has 0 bridgehead atoms. The molecule has 2 unspecified atom stereocenters. The molecule has 140 valence electrons. The highest BCUT2D eigenvalue weighted by molar-refractivity contribution is 5.97. The van der Waals surface area contributed by atoms with Crippen LogP contribution in [0.3, 0.4) is 0 Å². The van der Waals surface area contributed by atoms with Crippen molar-refractivity contribution in [3.63, 3.8) is 0 Å². The largest absolute Gasteiger partial charge is 0.352 e. The van der Waals surface area contributed by atoms with Gasteiger partial charge in [-0.15, -0.1) is 0 Å². The summed E-state index contributed by atoms with van der Waals surface area (Å²) in [6, 6.07) is 4.73. The Hall–Kier alpha value is -1.91. The zero-order valence-electron chi connectivity index (χ0n) is 15.9. The van der Waals surface area contributed by atoms with Gasteiger partial charge in [-0.1, -0.05) is 40.5 Å². The summed E-state index contributed by atoms with van der Waals surface area (Å²) in [7, 11) is 0. The molecule has 0 saturated carbocycles. The van der Waals surface area contributed by atoms with Crippen molar-refractivity contribution in [3.8, 4) is 0 Å². The molecular formula is C20H31FN2O2. The van der Waals surface area contributed by atoms with Gasteiger partial charge in [-0.05, 0) is 49.4 Å². The lowest BCUT2D eigenvalue weighted by molar-refractivity contribution is -0.124. The zero-order valence-corrected chi connectivity index (χ0v) is 15.9. The van der Waals surface area contributed by atoms with E-state index in [9.17, 15) is 14.0 Å². The third-order valence-electron chi connectivity index (χ3n) is 4.15. The van der Waals surface area contributed by atoms with Gasteiger partial charge in [-0.2, -0.15) is 0 Å². The van der Waals surface area contributed by atoms with Gasteiger partial charge in [0.15, 0.2) is 0 Å². The number of hydrogen-bond acceptors (Lipinski definition) is 2. The van der Waals surface area contributed by atoms with E-state index < -0.39 is 11.9 Å². The molecule has 5 heteroatoms. The Morgan fingerprint density at radius 3 is 2.08 bits per heavy atom. The van der Waals surface area contributed by atoms with Gasteiger partial charge >= 0.3 is 0 Å². The van der Waals surface area contributed by atoms with E-state index in [2.05, 4.69) is 24.5 Å². The Bertz CT molecular complexity index is 555. The highest BCUT2D eigenvalue weighted by Gasteiger charge is 2.25. The van der Waals surface area contributed by atoms with E-state index in [0.29, 0.717) is 11.5 Å². The van der Waals surface area contributed by atoms with Gasteiger partial charge in [0.2, 0.25) is 5.91 Å². The van der Waals surface area contributed by atoms with Gasteiger partial charge in [0.05, 0.1) is 0 Å². The molecule has 0 saturated heterocycles. The average Bonchev–Trinajstić information content (AvgIpc) is 2.52. The predicted molar refractivity (Wildman–Crippen MR) is 98.8 cm³/mol. The maximum atomic E-state index is 13.0. The minimum atomic E-state index is -0.620. The van der Waals surface area contributed by atoms with Crippen LogP contribution in [0.5, 0.6) is 0 Å². The smallest absolute Gasteiger partial charge is 0.251 e. The van der Waals surface area contributed by atoms with E-state index in [1.54, 1.807) is 0 Å². The molecule has 0 fully saturated rings. The second-order valence-electron chi connectivity index (χ2n) is 7.44.